The minimum absolute atomic E-state index is 0.00666. The molecule has 2 fully saturated rings. The molecular weight excluding hydrogens is 254 g/mol. The van der Waals surface area contributed by atoms with Gasteiger partial charge in [-0.15, -0.1) is 0 Å². The van der Waals surface area contributed by atoms with E-state index in [-0.39, 0.29) is 18.6 Å². The summed E-state index contributed by atoms with van der Waals surface area (Å²) in [6.45, 7) is 8.65. The van der Waals surface area contributed by atoms with Crippen LogP contribution in [0.3, 0.4) is 0 Å². The third kappa shape index (κ3) is 3.32. The molecule has 5 heteroatoms. The van der Waals surface area contributed by atoms with E-state index in [0.29, 0.717) is 0 Å². The fourth-order valence-corrected chi connectivity index (χ4v) is 3.35. The monoisotopic (exact) mass is 283 g/mol. The summed E-state index contributed by atoms with van der Waals surface area (Å²) >= 11 is 0. The lowest BCUT2D eigenvalue weighted by molar-refractivity contribution is -0.146. The molecule has 0 aromatic carbocycles. The van der Waals surface area contributed by atoms with E-state index in [1.165, 1.54) is 0 Å². The van der Waals surface area contributed by atoms with Crippen LogP contribution in [0.25, 0.3) is 0 Å². The number of carbonyl (C=O) groups is 1. The predicted octanol–water partition coefficient (Wildman–Crippen LogP) is 0.434. The average molecular weight is 283 g/mol. The van der Waals surface area contributed by atoms with Gasteiger partial charge in [0.05, 0.1) is 18.2 Å². The molecule has 5 nitrogen and oxygen atoms in total. The Labute approximate surface area is 122 Å². The predicted molar refractivity (Wildman–Crippen MR) is 79.6 cm³/mol. The molecule has 20 heavy (non-hydrogen) atoms. The van der Waals surface area contributed by atoms with Crippen molar-refractivity contribution in [3.05, 3.63) is 0 Å². The van der Waals surface area contributed by atoms with Crippen LogP contribution in [0.1, 0.15) is 39.5 Å². The van der Waals surface area contributed by atoms with Crippen molar-refractivity contribution in [2.24, 2.45) is 0 Å². The number of likely N-dealkylation sites (tertiary alicyclic amines) is 1. The van der Waals surface area contributed by atoms with Gasteiger partial charge in [-0.2, -0.15) is 0 Å². The quantitative estimate of drug-likeness (QED) is 0.789. The van der Waals surface area contributed by atoms with Crippen molar-refractivity contribution in [1.29, 1.82) is 0 Å². The van der Waals surface area contributed by atoms with Crippen molar-refractivity contribution in [2.45, 2.75) is 51.1 Å². The van der Waals surface area contributed by atoms with Crippen molar-refractivity contribution in [3.8, 4) is 0 Å². The number of carbonyl (C=O) groups excluding carboxylic acids is 1. The van der Waals surface area contributed by atoms with Crippen molar-refractivity contribution >= 4 is 5.91 Å². The minimum atomic E-state index is -0.472. The van der Waals surface area contributed by atoms with Crippen LogP contribution in [0.5, 0.6) is 0 Å². The highest BCUT2D eigenvalue weighted by Gasteiger charge is 2.40. The molecular formula is C15H29N3O2. The summed E-state index contributed by atoms with van der Waals surface area (Å²) in [5.74, 6) is 0.181. The normalized spacial score (nSPS) is 26.4. The lowest BCUT2D eigenvalue weighted by Crippen LogP contribution is -2.62. The number of piperazine rings is 1. The molecule has 0 spiro atoms. The summed E-state index contributed by atoms with van der Waals surface area (Å²) in [5.41, 5.74) is -0.472. The van der Waals surface area contributed by atoms with Crippen LogP contribution in [0, 0.1) is 0 Å². The first-order valence-corrected chi connectivity index (χ1v) is 7.95. The van der Waals surface area contributed by atoms with Gasteiger partial charge in [-0.05, 0) is 26.7 Å². The number of hydrogen-bond donors (Lipinski definition) is 2. The molecule has 2 aliphatic heterocycles. The second-order valence-electron chi connectivity index (χ2n) is 6.48. The van der Waals surface area contributed by atoms with Crippen molar-refractivity contribution in [2.75, 3.05) is 39.3 Å². The first kappa shape index (κ1) is 15.7. The van der Waals surface area contributed by atoms with Crippen LogP contribution in [0.2, 0.25) is 0 Å². The highest BCUT2D eigenvalue weighted by Crippen LogP contribution is 2.24. The first-order chi connectivity index (χ1) is 9.57. The Morgan fingerprint density at radius 3 is 2.55 bits per heavy atom. The molecule has 0 saturated carbocycles. The fourth-order valence-electron chi connectivity index (χ4n) is 3.35. The third-order valence-electron chi connectivity index (χ3n) is 4.78. The molecule has 2 saturated heterocycles. The lowest BCUT2D eigenvalue weighted by atomic mass is 9.98. The Hall–Kier alpha value is -0.650. The van der Waals surface area contributed by atoms with E-state index in [1.54, 1.807) is 0 Å². The minimum Gasteiger partial charge on any atom is -0.394 e. The molecule has 1 unspecified atom stereocenters. The number of aliphatic hydroxyl groups excluding tert-OH is 1. The van der Waals surface area contributed by atoms with Gasteiger partial charge in [0.25, 0.3) is 0 Å². The topological polar surface area (TPSA) is 55.8 Å². The summed E-state index contributed by atoms with van der Waals surface area (Å²) < 4.78 is 0. The van der Waals surface area contributed by atoms with E-state index in [9.17, 15) is 9.90 Å². The summed E-state index contributed by atoms with van der Waals surface area (Å²) in [4.78, 5) is 17.2. The van der Waals surface area contributed by atoms with Crippen molar-refractivity contribution in [3.63, 3.8) is 0 Å². The average Bonchev–Trinajstić information content (AvgIpc) is 2.72. The number of aliphatic hydroxyl groups is 1. The van der Waals surface area contributed by atoms with Gasteiger partial charge in [-0.1, -0.05) is 12.8 Å². The number of hydrogen-bond acceptors (Lipinski definition) is 4. The molecule has 1 amide bonds. The summed E-state index contributed by atoms with van der Waals surface area (Å²) in [7, 11) is 0. The highest BCUT2D eigenvalue weighted by molar-refractivity contribution is 5.86. The van der Waals surface area contributed by atoms with E-state index in [0.717, 1.165) is 58.4 Å². The van der Waals surface area contributed by atoms with Crippen molar-refractivity contribution in [1.82, 2.24) is 15.1 Å². The second-order valence-corrected chi connectivity index (χ2v) is 6.48. The Balaban J connectivity index is 2.09. The molecule has 0 radical (unpaired) electrons. The molecule has 0 aromatic rings. The number of amides is 1. The van der Waals surface area contributed by atoms with Gasteiger partial charge in [0, 0.05) is 32.7 Å². The molecule has 116 valence electrons. The van der Waals surface area contributed by atoms with E-state index in [1.807, 2.05) is 18.7 Å². The van der Waals surface area contributed by atoms with Gasteiger partial charge < -0.3 is 15.3 Å². The molecule has 2 N–H and O–H groups in total. The van der Waals surface area contributed by atoms with Gasteiger partial charge in [-0.25, -0.2) is 0 Å². The van der Waals surface area contributed by atoms with E-state index in [2.05, 4.69) is 10.2 Å². The van der Waals surface area contributed by atoms with Crippen LogP contribution >= 0.6 is 0 Å². The van der Waals surface area contributed by atoms with E-state index >= 15 is 0 Å². The smallest absolute Gasteiger partial charge is 0.242 e. The van der Waals surface area contributed by atoms with Gasteiger partial charge >= 0.3 is 0 Å². The van der Waals surface area contributed by atoms with Gasteiger partial charge in [0.15, 0.2) is 0 Å². The summed E-state index contributed by atoms with van der Waals surface area (Å²) in [6.07, 6.45) is 4.26. The molecule has 2 aliphatic rings. The molecule has 0 aromatic heterocycles. The maximum Gasteiger partial charge on any atom is 0.242 e. The zero-order valence-corrected chi connectivity index (χ0v) is 12.9. The zero-order chi connectivity index (χ0) is 14.6. The van der Waals surface area contributed by atoms with Gasteiger partial charge in [0.1, 0.15) is 0 Å². The summed E-state index contributed by atoms with van der Waals surface area (Å²) in [5, 5.41) is 12.9. The second kappa shape index (κ2) is 6.87. The molecule has 2 heterocycles. The maximum atomic E-state index is 13.0. The Bertz CT molecular complexity index is 327. The van der Waals surface area contributed by atoms with Crippen molar-refractivity contribution < 1.29 is 9.90 Å². The van der Waals surface area contributed by atoms with E-state index in [4.69, 9.17) is 0 Å². The van der Waals surface area contributed by atoms with E-state index < -0.39 is 5.54 Å². The largest absolute Gasteiger partial charge is 0.394 e. The SMILES string of the molecule is CC(C)(C(=O)N1CCCCCC1CO)N1CCNCC1. The fraction of sp³-hybridized carbons (Fsp3) is 0.933. The number of nitrogens with zero attached hydrogens (tertiary/aromatic N) is 2. The van der Waals surface area contributed by atoms with Crippen LogP contribution < -0.4 is 5.32 Å². The first-order valence-electron chi connectivity index (χ1n) is 7.95. The Kier molecular flexibility index (Phi) is 5.41. The number of nitrogens with one attached hydrogen (secondary N) is 1. The van der Waals surface area contributed by atoms with Gasteiger partial charge in [-0.3, -0.25) is 9.69 Å². The van der Waals surface area contributed by atoms with Gasteiger partial charge in [0.2, 0.25) is 5.91 Å². The van der Waals surface area contributed by atoms with Crippen LogP contribution in [-0.4, -0.2) is 71.7 Å². The highest BCUT2D eigenvalue weighted by atomic mass is 16.3. The number of rotatable bonds is 3. The lowest BCUT2D eigenvalue weighted by Gasteiger charge is -2.44. The Morgan fingerprint density at radius 1 is 1.20 bits per heavy atom. The molecule has 2 rings (SSSR count). The standard InChI is InChI=1S/C15H29N3O2/c1-15(2,17-10-7-16-8-11-17)14(20)18-9-5-3-4-6-13(18)12-19/h13,16,19H,3-12H2,1-2H3. The third-order valence-corrected chi connectivity index (χ3v) is 4.78. The zero-order valence-electron chi connectivity index (χ0n) is 12.9. The van der Waals surface area contributed by atoms with Crippen LogP contribution in [-0.2, 0) is 4.79 Å². The molecule has 0 aliphatic carbocycles. The molecule has 0 bridgehead atoms. The van der Waals surface area contributed by atoms with Crippen LogP contribution in [0.4, 0.5) is 0 Å². The Morgan fingerprint density at radius 2 is 1.90 bits per heavy atom. The molecule has 1 atom stereocenters. The summed E-state index contributed by atoms with van der Waals surface area (Å²) in [6, 6.07) is 0.00666. The maximum absolute atomic E-state index is 13.0. The van der Waals surface area contributed by atoms with Crippen LogP contribution in [0.15, 0.2) is 0 Å².